The maximum absolute atomic E-state index is 10.8. The highest BCUT2D eigenvalue weighted by Crippen LogP contribution is 2.20. The molecule has 1 unspecified atom stereocenters. The van der Waals surface area contributed by atoms with Gasteiger partial charge < -0.3 is 15.4 Å². The number of fused-ring (bicyclic) bond motifs is 1. The van der Waals surface area contributed by atoms with Gasteiger partial charge in [0.1, 0.15) is 5.82 Å². The lowest BCUT2D eigenvalue weighted by atomic mass is 9.98. The Balaban J connectivity index is 2.21. The highest BCUT2D eigenvalue weighted by Gasteiger charge is 2.25. The lowest BCUT2D eigenvalue weighted by Crippen LogP contribution is -2.25. The number of nitrogens with zero attached hydrogens (tertiary/aromatic N) is 2. The smallest absolute Gasteiger partial charge is 0.307 e. The van der Waals surface area contributed by atoms with Crippen LogP contribution < -0.4 is 5.73 Å². The van der Waals surface area contributed by atoms with Crippen molar-refractivity contribution < 1.29 is 9.90 Å². The van der Waals surface area contributed by atoms with Crippen LogP contribution in [-0.4, -0.2) is 20.6 Å². The SMILES string of the molecule is NCc1cn2c(n1)CC(C(=O)O)CC2. The molecule has 1 aliphatic heterocycles. The number of aryl methyl sites for hydroxylation is 1. The van der Waals surface area contributed by atoms with E-state index in [0.29, 0.717) is 19.4 Å². The number of carbonyl (C=O) groups is 1. The summed E-state index contributed by atoms with van der Waals surface area (Å²) >= 11 is 0. The Morgan fingerprint density at radius 2 is 2.57 bits per heavy atom. The van der Waals surface area contributed by atoms with Gasteiger partial charge in [0, 0.05) is 25.7 Å². The van der Waals surface area contributed by atoms with Crippen molar-refractivity contribution in [1.29, 1.82) is 0 Å². The van der Waals surface area contributed by atoms with Gasteiger partial charge in [0.15, 0.2) is 0 Å². The van der Waals surface area contributed by atoms with Crippen LogP contribution in [0.5, 0.6) is 0 Å². The van der Waals surface area contributed by atoms with Gasteiger partial charge in [0.25, 0.3) is 0 Å². The number of aromatic nitrogens is 2. The molecule has 0 aromatic carbocycles. The topological polar surface area (TPSA) is 81.1 Å². The standard InChI is InChI=1S/C9H13N3O2/c10-4-7-5-12-2-1-6(9(13)14)3-8(12)11-7/h5-6H,1-4,10H2,(H,13,14). The van der Waals surface area contributed by atoms with Gasteiger partial charge in [0.05, 0.1) is 11.6 Å². The van der Waals surface area contributed by atoms with Gasteiger partial charge in [-0.1, -0.05) is 0 Å². The van der Waals surface area contributed by atoms with Crippen molar-refractivity contribution in [1.82, 2.24) is 9.55 Å². The average molecular weight is 195 g/mol. The number of rotatable bonds is 2. The summed E-state index contributed by atoms with van der Waals surface area (Å²) in [7, 11) is 0. The van der Waals surface area contributed by atoms with Crippen LogP contribution in [0.25, 0.3) is 0 Å². The Hall–Kier alpha value is -1.36. The second kappa shape index (κ2) is 3.42. The Labute approximate surface area is 81.5 Å². The third kappa shape index (κ3) is 1.50. The fraction of sp³-hybridized carbons (Fsp3) is 0.556. The molecule has 14 heavy (non-hydrogen) atoms. The number of carboxylic acids is 1. The Morgan fingerprint density at radius 1 is 1.79 bits per heavy atom. The molecule has 0 amide bonds. The Morgan fingerprint density at radius 3 is 3.21 bits per heavy atom. The Bertz CT molecular complexity index is 359. The molecule has 2 heterocycles. The monoisotopic (exact) mass is 195 g/mol. The van der Waals surface area contributed by atoms with Crippen LogP contribution in [0.3, 0.4) is 0 Å². The molecule has 3 N–H and O–H groups in total. The molecular formula is C9H13N3O2. The maximum Gasteiger partial charge on any atom is 0.307 e. The summed E-state index contributed by atoms with van der Waals surface area (Å²) in [6.45, 7) is 1.15. The van der Waals surface area contributed by atoms with Gasteiger partial charge in [-0.05, 0) is 6.42 Å². The summed E-state index contributed by atoms with van der Waals surface area (Å²) in [5, 5.41) is 8.87. The van der Waals surface area contributed by atoms with Crippen molar-refractivity contribution in [2.24, 2.45) is 11.7 Å². The molecule has 0 saturated heterocycles. The first-order chi connectivity index (χ1) is 6.70. The van der Waals surface area contributed by atoms with Crippen LogP contribution in [0.1, 0.15) is 17.9 Å². The van der Waals surface area contributed by atoms with Gasteiger partial charge in [-0.15, -0.1) is 0 Å². The number of aliphatic carboxylic acids is 1. The van der Waals surface area contributed by atoms with Gasteiger partial charge in [-0.3, -0.25) is 4.79 Å². The summed E-state index contributed by atoms with van der Waals surface area (Å²) in [6, 6.07) is 0. The lowest BCUT2D eigenvalue weighted by Gasteiger charge is -2.19. The van der Waals surface area contributed by atoms with Crippen molar-refractivity contribution in [3.05, 3.63) is 17.7 Å². The highest BCUT2D eigenvalue weighted by molar-refractivity contribution is 5.70. The van der Waals surface area contributed by atoms with Gasteiger partial charge in [-0.25, -0.2) is 4.98 Å². The van der Waals surface area contributed by atoms with E-state index in [9.17, 15) is 4.79 Å². The summed E-state index contributed by atoms with van der Waals surface area (Å²) in [6.07, 6.45) is 3.12. The van der Waals surface area contributed by atoms with Crippen molar-refractivity contribution in [3.63, 3.8) is 0 Å². The quantitative estimate of drug-likeness (QED) is 0.695. The third-order valence-corrected chi connectivity index (χ3v) is 2.61. The molecule has 76 valence electrons. The third-order valence-electron chi connectivity index (χ3n) is 2.61. The predicted octanol–water partition coefficient (Wildman–Crippen LogP) is -0.0112. The molecule has 1 aliphatic rings. The molecule has 5 heteroatoms. The minimum absolute atomic E-state index is 0.282. The molecular weight excluding hydrogens is 182 g/mol. The zero-order valence-corrected chi connectivity index (χ0v) is 7.81. The van der Waals surface area contributed by atoms with Crippen LogP contribution >= 0.6 is 0 Å². The minimum atomic E-state index is -0.728. The fourth-order valence-corrected chi connectivity index (χ4v) is 1.80. The number of hydrogen-bond acceptors (Lipinski definition) is 3. The number of imidazole rings is 1. The molecule has 0 aliphatic carbocycles. The molecule has 0 spiro atoms. The zero-order valence-electron chi connectivity index (χ0n) is 7.81. The molecule has 5 nitrogen and oxygen atoms in total. The van der Waals surface area contributed by atoms with Crippen LogP contribution in [0.15, 0.2) is 6.20 Å². The number of carboxylic acid groups (broad SMARTS) is 1. The highest BCUT2D eigenvalue weighted by atomic mass is 16.4. The Kier molecular flexibility index (Phi) is 2.25. The molecule has 1 atom stereocenters. The minimum Gasteiger partial charge on any atom is -0.481 e. The van der Waals surface area contributed by atoms with Gasteiger partial charge in [0.2, 0.25) is 0 Å². The summed E-state index contributed by atoms with van der Waals surface area (Å²) in [5.74, 6) is -0.159. The zero-order chi connectivity index (χ0) is 10.1. The molecule has 0 radical (unpaired) electrons. The summed E-state index contributed by atoms with van der Waals surface area (Å²) in [4.78, 5) is 15.1. The normalized spacial score (nSPS) is 20.5. The molecule has 1 aromatic rings. The van der Waals surface area contributed by atoms with Crippen LogP contribution in [-0.2, 0) is 24.3 Å². The van der Waals surface area contributed by atoms with Crippen LogP contribution in [0.4, 0.5) is 0 Å². The second-order valence-corrected chi connectivity index (χ2v) is 3.57. The van der Waals surface area contributed by atoms with E-state index < -0.39 is 5.97 Å². The van der Waals surface area contributed by atoms with E-state index in [2.05, 4.69) is 4.98 Å². The van der Waals surface area contributed by atoms with Crippen LogP contribution in [0.2, 0.25) is 0 Å². The predicted molar refractivity (Wildman–Crippen MR) is 49.6 cm³/mol. The molecule has 0 fully saturated rings. The van der Waals surface area contributed by atoms with E-state index in [1.807, 2.05) is 10.8 Å². The van der Waals surface area contributed by atoms with E-state index in [1.54, 1.807) is 0 Å². The number of hydrogen-bond donors (Lipinski definition) is 2. The lowest BCUT2D eigenvalue weighted by molar-refractivity contribution is -0.142. The van der Waals surface area contributed by atoms with Crippen molar-refractivity contribution in [3.8, 4) is 0 Å². The largest absolute Gasteiger partial charge is 0.481 e. The van der Waals surface area contributed by atoms with Crippen molar-refractivity contribution >= 4 is 5.97 Å². The first kappa shape index (κ1) is 9.21. The molecule has 2 rings (SSSR count). The second-order valence-electron chi connectivity index (χ2n) is 3.57. The maximum atomic E-state index is 10.8. The van der Waals surface area contributed by atoms with Gasteiger partial charge >= 0.3 is 5.97 Å². The first-order valence-electron chi connectivity index (χ1n) is 4.68. The van der Waals surface area contributed by atoms with E-state index in [4.69, 9.17) is 10.8 Å². The summed E-state index contributed by atoms with van der Waals surface area (Å²) < 4.78 is 2.00. The molecule has 0 bridgehead atoms. The van der Waals surface area contributed by atoms with Gasteiger partial charge in [-0.2, -0.15) is 0 Å². The van der Waals surface area contributed by atoms with Crippen LogP contribution in [0, 0.1) is 5.92 Å². The van der Waals surface area contributed by atoms with Crippen molar-refractivity contribution in [2.75, 3.05) is 0 Å². The first-order valence-corrected chi connectivity index (χ1v) is 4.68. The average Bonchev–Trinajstić information content (AvgIpc) is 2.58. The van der Waals surface area contributed by atoms with Crippen molar-refractivity contribution in [2.45, 2.75) is 25.9 Å². The van der Waals surface area contributed by atoms with E-state index in [0.717, 1.165) is 18.1 Å². The molecule has 0 saturated carbocycles. The van der Waals surface area contributed by atoms with E-state index >= 15 is 0 Å². The van der Waals surface area contributed by atoms with E-state index in [-0.39, 0.29) is 5.92 Å². The van der Waals surface area contributed by atoms with E-state index in [1.165, 1.54) is 0 Å². The summed E-state index contributed by atoms with van der Waals surface area (Å²) in [5.41, 5.74) is 6.30. The number of nitrogens with two attached hydrogens (primary N) is 1. The fourth-order valence-electron chi connectivity index (χ4n) is 1.80. The molecule has 1 aromatic heterocycles.